The third-order valence-electron chi connectivity index (χ3n) is 7.47. The van der Waals surface area contributed by atoms with E-state index in [1.54, 1.807) is 6.26 Å². The van der Waals surface area contributed by atoms with E-state index in [1.165, 1.54) is 11.1 Å². The van der Waals surface area contributed by atoms with Gasteiger partial charge in [0.2, 0.25) is 0 Å². The van der Waals surface area contributed by atoms with Gasteiger partial charge in [0.25, 0.3) is 0 Å². The third-order valence-corrected chi connectivity index (χ3v) is 7.47. The van der Waals surface area contributed by atoms with Gasteiger partial charge in [-0.15, -0.1) is 0 Å². The molecule has 4 nitrogen and oxygen atoms in total. The Hall–Kier alpha value is -2.72. The Kier molecular flexibility index (Phi) is 8.45. The van der Waals surface area contributed by atoms with Gasteiger partial charge in [-0.25, -0.2) is 0 Å². The summed E-state index contributed by atoms with van der Waals surface area (Å²) in [4.78, 5) is 2.25. The summed E-state index contributed by atoms with van der Waals surface area (Å²) in [5.74, 6) is 1.55. The van der Waals surface area contributed by atoms with Gasteiger partial charge >= 0.3 is 0 Å². The minimum atomic E-state index is -0.202. The molecule has 2 aromatic carbocycles. The van der Waals surface area contributed by atoms with E-state index in [0.717, 1.165) is 28.0 Å². The van der Waals surface area contributed by atoms with Crippen LogP contribution in [0.2, 0.25) is 0 Å². The van der Waals surface area contributed by atoms with Crippen molar-refractivity contribution in [3.05, 3.63) is 81.8 Å². The Morgan fingerprint density at radius 2 is 1.00 bits per heavy atom. The molecule has 0 aliphatic rings. The van der Waals surface area contributed by atoms with E-state index in [1.807, 2.05) is 12.1 Å². The summed E-state index contributed by atoms with van der Waals surface area (Å²) in [6, 6.07) is 12.5. The zero-order valence-corrected chi connectivity index (χ0v) is 26.4. The Bertz CT molecular complexity index is 1190. The molecular weight excluding hydrogens is 482 g/mol. The highest BCUT2D eigenvalue weighted by Gasteiger charge is 2.28. The number of phenols is 2. The van der Waals surface area contributed by atoms with Crippen molar-refractivity contribution in [1.29, 1.82) is 0 Å². The number of rotatable bonds is 6. The molecule has 0 saturated carbocycles. The quantitative estimate of drug-likeness (QED) is 0.332. The van der Waals surface area contributed by atoms with Crippen LogP contribution >= 0.6 is 0 Å². The van der Waals surface area contributed by atoms with E-state index >= 15 is 0 Å². The van der Waals surface area contributed by atoms with Crippen molar-refractivity contribution in [1.82, 2.24) is 4.90 Å². The molecule has 1 heterocycles. The minimum absolute atomic E-state index is 0.0603. The average molecular weight is 534 g/mol. The van der Waals surface area contributed by atoms with Gasteiger partial charge in [0.1, 0.15) is 17.3 Å². The van der Waals surface area contributed by atoms with Crippen LogP contribution in [0.5, 0.6) is 11.5 Å². The lowest BCUT2D eigenvalue weighted by Crippen LogP contribution is -2.25. The Morgan fingerprint density at radius 3 is 1.31 bits per heavy atom. The van der Waals surface area contributed by atoms with Crippen LogP contribution in [-0.2, 0) is 41.3 Å². The largest absolute Gasteiger partial charge is 0.507 e. The zero-order valence-electron chi connectivity index (χ0n) is 26.4. The lowest BCUT2D eigenvalue weighted by molar-refractivity contribution is 0.220. The van der Waals surface area contributed by atoms with Gasteiger partial charge in [-0.1, -0.05) is 107 Å². The first-order valence-electron chi connectivity index (χ1n) is 14.2. The molecule has 0 fully saturated rings. The molecule has 214 valence electrons. The first kappa shape index (κ1) is 30.8. The summed E-state index contributed by atoms with van der Waals surface area (Å²) in [5, 5.41) is 23.0. The lowest BCUT2D eigenvalue weighted by atomic mass is 9.78. The van der Waals surface area contributed by atoms with E-state index in [9.17, 15) is 10.2 Å². The van der Waals surface area contributed by atoms with Gasteiger partial charge in [-0.3, -0.25) is 4.90 Å². The highest BCUT2D eigenvalue weighted by molar-refractivity contribution is 5.50. The summed E-state index contributed by atoms with van der Waals surface area (Å²) in [7, 11) is 0. The number of hydrogen-bond acceptors (Lipinski definition) is 4. The molecular formula is C35H51NO3. The molecule has 0 amide bonds. The fourth-order valence-electron chi connectivity index (χ4n) is 4.91. The number of benzene rings is 2. The van der Waals surface area contributed by atoms with Gasteiger partial charge in [0.15, 0.2) is 0 Å². The summed E-state index contributed by atoms with van der Waals surface area (Å²) < 4.78 is 5.75. The zero-order chi connectivity index (χ0) is 29.6. The molecule has 0 aliphatic carbocycles. The minimum Gasteiger partial charge on any atom is -0.507 e. The molecule has 39 heavy (non-hydrogen) atoms. The first-order valence-corrected chi connectivity index (χ1v) is 14.2. The molecule has 0 bridgehead atoms. The first-order chi connectivity index (χ1) is 17.7. The second-order valence-corrected chi connectivity index (χ2v) is 15.3. The van der Waals surface area contributed by atoms with Crippen LogP contribution in [-0.4, -0.2) is 15.1 Å². The van der Waals surface area contributed by atoms with Crippen LogP contribution in [0, 0.1) is 0 Å². The maximum atomic E-state index is 11.5. The molecule has 1 aromatic heterocycles. The van der Waals surface area contributed by atoms with Crippen molar-refractivity contribution in [3.8, 4) is 11.5 Å². The molecule has 0 atom stereocenters. The van der Waals surface area contributed by atoms with E-state index in [0.29, 0.717) is 31.1 Å². The average Bonchev–Trinajstić information content (AvgIpc) is 3.26. The summed E-state index contributed by atoms with van der Waals surface area (Å²) >= 11 is 0. The molecule has 0 aliphatic heterocycles. The highest BCUT2D eigenvalue weighted by atomic mass is 16.3. The second kappa shape index (κ2) is 10.7. The van der Waals surface area contributed by atoms with Gasteiger partial charge in [0.05, 0.1) is 12.8 Å². The number of furan rings is 1. The van der Waals surface area contributed by atoms with Crippen molar-refractivity contribution in [2.24, 2.45) is 0 Å². The van der Waals surface area contributed by atoms with E-state index in [4.69, 9.17) is 4.42 Å². The predicted octanol–water partition coefficient (Wildman–Crippen LogP) is 9.08. The van der Waals surface area contributed by atoms with Gasteiger partial charge < -0.3 is 14.6 Å². The molecule has 0 radical (unpaired) electrons. The number of hydrogen-bond donors (Lipinski definition) is 2. The topological polar surface area (TPSA) is 56.8 Å². The van der Waals surface area contributed by atoms with Gasteiger partial charge in [-0.2, -0.15) is 0 Å². The molecule has 0 spiro atoms. The van der Waals surface area contributed by atoms with Crippen LogP contribution in [0.1, 0.15) is 122 Å². The van der Waals surface area contributed by atoms with Gasteiger partial charge in [-0.05, 0) is 56.0 Å². The molecule has 3 aromatic rings. The number of aromatic hydroxyl groups is 2. The number of phenolic OH excluding ortho intramolecular Hbond substituents is 2. The van der Waals surface area contributed by atoms with Crippen molar-refractivity contribution < 1.29 is 14.6 Å². The number of nitrogens with zero attached hydrogens (tertiary/aromatic N) is 1. The van der Waals surface area contributed by atoms with Crippen molar-refractivity contribution >= 4 is 0 Å². The van der Waals surface area contributed by atoms with Gasteiger partial charge in [0, 0.05) is 24.2 Å². The van der Waals surface area contributed by atoms with Crippen LogP contribution in [0.15, 0.2) is 47.1 Å². The standard InChI is InChI=1S/C35H51NO3/c1-32(2,3)25-16-23(30(37)28(18-25)34(7,8)9)20-36(22-27-14-13-15-39-27)21-24-17-26(33(4,5)6)19-29(31(24)38)35(10,11)12/h13-19,37-38H,20-22H2,1-12H3. The Labute approximate surface area is 237 Å². The highest BCUT2D eigenvalue weighted by Crippen LogP contribution is 2.40. The lowest BCUT2D eigenvalue weighted by Gasteiger charge is -2.31. The fourth-order valence-corrected chi connectivity index (χ4v) is 4.91. The molecule has 2 N–H and O–H groups in total. The van der Waals surface area contributed by atoms with Crippen LogP contribution < -0.4 is 0 Å². The van der Waals surface area contributed by atoms with Crippen molar-refractivity contribution in [3.63, 3.8) is 0 Å². The van der Waals surface area contributed by atoms with Crippen LogP contribution in [0.3, 0.4) is 0 Å². The maximum Gasteiger partial charge on any atom is 0.123 e. The summed E-state index contributed by atoms with van der Waals surface area (Å²) in [6.07, 6.45) is 1.69. The summed E-state index contributed by atoms with van der Waals surface area (Å²) in [6.45, 7) is 27.7. The SMILES string of the molecule is CC(C)(C)c1cc(CN(Cc2ccco2)Cc2cc(C(C)(C)C)cc(C(C)(C)C)c2O)c(O)c(C(C)(C)C)c1. The van der Waals surface area contributed by atoms with Crippen LogP contribution in [0.25, 0.3) is 0 Å². The smallest absolute Gasteiger partial charge is 0.123 e. The fraction of sp³-hybridized carbons (Fsp3) is 0.543. The van der Waals surface area contributed by atoms with E-state index in [-0.39, 0.29) is 21.7 Å². The molecule has 4 heteroatoms. The normalized spacial score (nSPS) is 13.4. The monoisotopic (exact) mass is 533 g/mol. The second-order valence-electron chi connectivity index (χ2n) is 15.3. The van der Waals surface area contributed by atoms with Crippen molar-refractivity contribution in [2.45, 2.75) is 124 Å². The predicted molar refractivity (Wildman–Crippen MR) is 163 cm³/mol. The Morgan fingerprint density at radius 1 is 0.590 bits per heavy atom. The maximum absolute atomic E-state index is 11.5. The molecule has 0 unspecified atom stereocenters. The molecule has 3 rings (SSSR count). The van der Waals surface area contributed by atoms with Crippen molar-refractivity contribution in [2.75, 3.05) is 0 Å². The third kappa shape index (κ3) is 7.48. The molecule has 0 saturated heterocycles. The van der Waals surface area contributed by atoms with Crippen LogP contribution in [0.4, 0.5) is 0 Å². The summed E-state index contributed by atoms with van der Waals surface area (Å²) in [5.41, 5.74) is 5.56. The Balaban J connectivity index is 2.15. The van der Waals surface area contributed by atoms with E-state index in [2.05, 4.69) is 112 Å². The van der Waals surface area contributed by atoms with E-state index < -0.39 is 0 Å².